The van der Waals surface area contributed by atoms with E-state index < -0.39 is 0 Å². The molecule has 0 radical (unpaired) electrons. The summed E-state index contributed by atoms with van der Waals surface area (Å²) in [6.45, 7) is 2.11. The number of rotatable bonds is 4. The molecule has 8 nitrogen and oxygen atoms in total. The Kier molecular flexibility index (Phi) is 4.66. The lowest BCUT2D eigenvalue weighted by Crippen LogP contribution is -2.13. The van der Waals surface area contributed by atoms with Gasteiger partial charge in [-0.2, -0.15) is 0 Å². The first-order valence-electron chi connectivity index (χ1n) is 12.1. The number of aromatic amines is 2. The van der Waals surface area contributed by atoms with Crippen LogP contribution in [-0.2, 0) is 0 Å². The molecule has 2 aromatic carbocycles. The van der Waals surface area contributed by atoms with Crippen LogP contribution in [-0.4, -0.2) is 43.2 Å². The standard InChI is InChI=1S/C26H26N8/c1-3-21(27-11-1)25-29-19-7-5-15(13-23(19)31-25)17-9-10-18(34-33-17)16-6-8-20-24(14-16)32-26(30-20)22-4-2-12-28-22/h5-10,13-14,21-22,27-28H,1-4,11-12H2,(H,29,31)(H,30,32)/t21-,22-/m0/s1. The van der Waals surface area contributed by atoms with E-state index in [1.165, 1.54) is 12.8 Å². The average Bonchev–Trinajstić information content (AvgIpc) is 3.69. The Bertz CT molecular complexity index is 1360. The van der Waals surface area contributed by atoms with Crippen LogP contribution in [0.1, 0.15) is 49.4 Å². The Morgan fingerprint density at radius 3 is 1.53 bits per heavy atom. The van der Waals surface area contributed by atoms with Gasteiger partial charge in [0.25, 0.3) is 0 Å². The third-order valence-electron chi connectivity index (χ3n) is 7.04. The highest BCUT2D eigenvalue weighted by Crippen LogP contribution is 2.28. The normalized spacial score (nSPS) is 20.6. The van der Waals surface area contributed by atoms with Crippen molar-refractivity contribution in [3.63, 3.8) is 0 Å². The van der Waals surface area contributed by atoms with E-state index in [1.807, 2.05) is 12.1 Å². The van der Waals surface area contributed by atoms with E-state index in [2.05, 4.69) is 67.2 Å². The average molecular weight is 451 g/mol. The van der Waals surface area contributed by atoms with Crippen LogP contribution in [0.5, 0.6) is 0 Å². The molecule has 2 fully saturated rings. The van der Waals surface area contributed by atoms with Gasteiger partial charge in [0.2, 0.25) is 0 Å². The van der Waals surface area contributed by atoms with Crippen molar-refractivity contribution in [3.8, 4) is 22.5 Å². The Labute approximate surface area is 196 Å². The first-order chi connectivity index (χ1) is 16.8. The smallest absolute Gasteiger partial charge is 0.124 e. The monoisotopic (exact) mass is 450 g/mol. The Hall–Kier alpha value is -3.62. The lowest BCUT2D eigenvalue weighted by molar-refractivity contribution is 0.614. The summed E-state index contributed by atoms with van der Waals surface area (Å²) in [6.07, 6.45) is 4.65. The minimum absolute atomic E-state index is 0.326. The first kappa shape index (κ1) is 19.8. The third-order valence-corrected chi connectivity index (χ3v) is 7.04. The molecular weight excluding hydrogens is 424 g/mol. The number of hydrogen-bond acceptors (Lipinski definition) is 6. The lowest BCUT2D eigenvalue weighted by Gasteiger charge is -2.04. The molecule has 5 heterocycles. The zero-order valence-corrected chi connectivity index (χ0v) is 18.8. The predicted octanol–water partition coefficient (Wildman–Crippen LogP) is 4.41. The van der Waals surface area contributed by atoms with Gasteiger partial charge < -0.3 is 20.6 Å². The van der Waals surface area contributed by atoms with E-state index in [9.17, 15) is 0 Å². The van der Waals surface area contributed by atoms with Gasteiger partial charge >= 0.3 is 0 Å². The Balaban J connectivity index is 1.16. The van der Waals surface area contributed by atoms with Crippen molar-refractivity contribution in [2.45, 2.75) is 37.8 Å². The molecule has 5 aromatic rings. The zero-order chi connectivity index (χ0) is 22.5. The van der Waals surface area contributed by atoms with Crippen LogP contribution in [0, 0.1) is 0 Å². The molecule has 0 saturated carbocycles. The molecule has 2 saturated heterocycles. The second-order valence-corrected chi connectivity index (χ2v) is 9.31. The van der Waals surface area contributed by atoms with Gasteiger partial charge in [0.15, 0.2) is 0 Å². The quantitative estimate of drug-likeness (QED) is 0.323. The van der Waals surface area contributed by atoms with Crippen LogP contribution >= 0.6 is 0 Å². The van der Waals surface area contributed by atoms with E-state index in [0.29, 0.717) is 12.1 Å². The first-order valence-corrected chi connectivity index (χ1v) is 12.1. The van der Waals surface area contributed by atoms with Crippen LogP contribution in [0.4, 0.5) is 0 Å². The molecule has 0 unspecified atom stereocenters. The fourth-order valence-corrected chi connectivity index (χ4v) is 5.18. The summed E-state index contributed by atoms with van der Waals surface area (Å²) in [5, 5.41) is 16.1. The fraction of sp³-hybridized carbons (Fsp3) is 0.308. The minimum atomic E-state index is 0.326. The second kappa shape index (κ2) is 8.00. The van der Waals surface area contributed by atoms with Crippen molar-refractivity contribution < 1.29 is 0 Å². The molecule has 34 heavy (non-hydrogen) atoms. The van der Waals surface area contributed by atoms with Gasteiger partial charge in [-0.05, 0) is 75.2 Å². The van der Waals surface area contributed by atoms with Crippen molar-refractivity contribution in [1.82, 2.24) is 40.8 Å². The van der Waals surface area contributed by atoms with Gasteiger partial charge in [-0.25, -0.2) is 9.97 Å². The van der Waals surface area contributed by atoms with E-state index in [4.69, 9.17) is 9.97 Å². The van der Waals surface area contributed by atoms with Gasteiger partial charge in [0.05, 0.1) is 45.5 Å². The van der Waals surface area contributed by atoms with Crippen LogP contribution in [0.2, 0.25) is 0 Å². The third kappa shape index (κ3) is 3.46. The van der Waals surface area contributed by atoms with E-state index in [0.717, 1.165) is 82.2 Å². The summed E-state index contributed by atoms with van der Waals surface area (Å²) >= 11 is 0. The number of aromatic nitrogens is 6. The van der Waals surface area contributed by atoms with Gasteiger partial charge in [-0.3, -0.25) is 0 Å². The maximum Gasteiger partial charge on any atom is 0.124 e. The molecule has 0 aliphatic carbocycles. The van der Waals surface area contributed by atoms with Crippen LogP contribution < -0.4 is 10.6 Å². The SMILES string of the molecule is c1cc2[nH]c([C@@H]3CCCN3)nc2cc1-c1ccc(-c2ccc3[nH]c([C@@H]4CCCN4)nc3c2)nn1. The van der Waals surface area contributed by atoms with Gasteiger partial charge in [0, 0.05) is 11.1 Å². The molecule has 8 heteroatoms. The number of nitrogens with zero attached hydrogens (tertiary/aromatic N) is 4. The van der Waals surface area contributed by atoms with Crippen molar-refractivity contribution in [1.29, 1.82) is 0 Å². The maximum absolute atomic E-state index is 4.82. The van der Waals surface area contributed by atoms with Gasteiger partial charge in [0.1, 0.15) is 11.6 Å². The molecule has 2 aliphatic rings. The van der Waals surface area contributed by atoms with E-state index in [-0.39, 0.29) is 0 Å². The molecule has 170 valence electrons. The van der Waals surface area contributed by atoms with Crippen molar-refractivity contribution in [3.05, 3.63) is 60.2 Å². The van der Waals surface area contributed by atoms with Crippen molar-refractivity contribution >= 4 is 22.1 Å². The number of nitrogens with one attached hydrogen (secondary N) is 4. The number of H-pyrrole nitrogens is 2. The topological polar surface area (TPSA) is 107 Å². The number of hydrogen-bond donors (Lipinski definition) is 4. The number of benzene rings is 2. The molecule has 0 bridgehead atoms. The van der Waals surface area contributed by atoms with E-state index >= 15 is 0 Å². The summed E-state index contributed by atoms with van der Waals surface area (Å²) in [6, 6.07) is 17.2. The Morgan fingerprint density at radius 1 is 0.618 bits per heavy atom. The molecule has 3 aromatic heterocycles. The number of imidazole rings is 2. The zero-order valence-electron chi connectivity index (χ0n) is 18.8. The summed E-state index contributed by atoms with van der Waals surface area (Å²) in [4.78, 5) is 16.6. The van der Waals surface area contributed by atoms with Gasteiger partial charge in [-0.1, -0.05) is 12.1 Å². The van der Waals surface area contributed by atoms with E-state index in [1.54, 1.807) is 0 Å². The molecule has 0 spiro atoms. The largest absolute Gasteiger partial charge is 0.341 e. The van der Waals surface area contributed by atoms with Crippen LogP contribution in [0.25, 0.3) is 44.6 Å². The fourth-order valence-electron chi connectivity index (χ4n) is 5.18. The highest BCUT2D eigenvalue weighted by molar-refractivity contribution is 5.83. The highest BCUT2D eigenvalue weighted by Gasteiger charge is 2.21. The molecule has 4 N–H and O–H groups in total. The highest BCUT2D eigenvalue weighted by atomic mass is 15.1. The second-order valence-electron chi connectivity index (χ2n) is 9.31. The summed E-state index contributed by atoms with van der Waals surface area (Å²) in [5.74, 6) is 2.04. The molecule has 7 rings (SSSR count). The lowest BCUT2D eigenvalue weighted by atomic mass is 10.1. The van der Waals surface area contributed by atoms with Crippen molar-refractivity contribution in [2.75, 3.05) is 13.1 Å². The van der Waals surface area contributed by atoms with Crippen LogP contribution in [0.15, 0.2) is 48.5 Å². The summed E-state index contributed by atoms with van der Waals surface area (Å²) in [5.41, 5.74) is 7.73. The van der Waals surface area contributed by atoms with Crippen LogP contribution in [0.3, 0.4) is 0 Å². The maximum atomic E-state index is 4.82. The van der Waals surface area contributed by atoms with Crippen molar-refractivity contribution in [2.24, 2.45) is 0 Å². The minimum Gasteiger partial charge on any atom is -0.341 e. The molecule has 2 aliphatic heterocycles. The molecular formula is C26H26N8. The Morgan fingerprint density at radius 2 is 1.12 bits per heavy atom. The van der Waals surface area contributed by atoms with Gasteiger partial charge in [-0.15, -0.1) is 10.2 Å². The predicted molar refractivity (Wildman–Crippen MR) is 132 cm³/mol. The summed E-state index contributed by atoms with van der Waals surface area (Å²) in [7, 11) is 0. The molecule has 2 atom stereocenters. The molecule has 0 amide bonds. The summed E-state index contributed by atoms with van der Waals surface area (Å²) < 4.78 is 0. The number of fused-ring (bicyclic) bond motifs is 2.